The molecule has 0 aromatic rings. The van der Waals surface area contributed by atoms with E-state index >= 15 is 0 Å². The molecule has 59 valence electrons. The highest BCUT2D eigenvalue weighted by atomic mass is 16.2. The summed E-state index contributed by atoms with van der Waals surface area (Å²) in [6.45, 7) is 3.32. The Morgan fingerprint density at radius 3 is 3.00 bits per heavy atom. The Morgan fingerprint density at radius 1 is 1.64 bits per heavy atom. The zero-order chi connectivity index (χ0) is 8.10. The van der Waals surface area contributed by atoms with E-state index in [-0.39, 0.29) is 5.91 Å². The van der Waals surface area contributed by atoms with Gasteiger partial charge in [0.2, 0.25) is 0 Å². The maximum Gasteiger partial charge on any atom is 0.298 e. The first-order valence-electron chi connectivity index (χ1n) is 3.88. The van der Waals surface area contributed by atoms with Crippen molar-refractivity contribution in [2.75, 3.05) is 13.1 Å². The van der Waals surface area contributed by atoms with Crippen molar-refractivity contribution < 1.29 is 4.79 Å². The highest BCUT2D eigenvalue weighted by Crippen LogP contribution is 2.06. The second kappa shape index (κ2) is 4.02. The highest BCUT2D eigenvalue weighted by molar-refractivity contribution is 5.93. The molecule has 1 aliphatic rings. The predicted octanol–water partition coefficient (Wildman–Crippen LogP) is 0.836. The molecule has 1 radical (unpaired) electrons. The summed E-state index contributed by atoms with van der Waals surface area (Å²) in [6, 6.07) is 0. The van der Waals surface area contributed by atoms with Crippen molar-refractivity contribution in [1.82, 2.24) is 4.90 Å². The number of rotatable bonds is 0. The van der Waals surface area contributed by atoms with Gasteiger partial charge < -0.3 is 4.90 Å². The van der Waals surface area contributed by atoms with Gasteiger partial charge >= 0.3 is 0 Å². The van der Waals surface area contributed by atoms with Crippen LogP contribution in [0.4, 0.5) is 0 Å². The molecule has 0 saturated carbocycles. The molecule has 1 aliphatic heterocycles. The number of carbonyl (C=O) groups is 1. The molecule has 0 atom stereocenters. The Bertz CT molecular complexity index is 193. The van der Waals surface area contributed by atoms with E-state index in [2.05, 4.69) is 18.3 Å². The van der Waals surface area contributed by atoms with E-state index in [9.17, 15) is 4.79 Å². The lowest BCUT2D eigenvalue weighted by molar-refractivity contribution is -0.125. The average Bonchev–Trinajstić information content (AvgIpc) is 2.07. The number of carbonyl (C=O) groups excluding carboxylic acids is 1. The van der Waals surface area contributed by atoms with Crippen LogP contribution in [0.25, 0.3) is 0 Å². The van der Waals surface area contributed by atoms with E-state index < -0.39 is 0 Å². The summed E-state index contributed by atoms with van der Waals surface area (Å²) in [7, 11) is 0. The topological polar surface area (TPSA) is 20.3 Å². The van der Waals surface area contributed by atoms with Crippen LogP contribution in [-0.4, -0.2) is 23.9 Å². The molecule has 1 fully saturated rings. The van der Waals surface area contributed by atoms with E-state index in [1.54, 1.807) is 11.8 Å². The molecule has 2 heteroatoms. The minimum Gasteiger partial charge on any atom is -0.332 e. The zero-order valence-corrected chi connectivity index (χ0v) is 6.76. The molecular formula is C9H12NO. The maximum atomic E-state index is 11.1. The van der Waals surface area contributed by atoms with Crippen molar-refractivity contribution in [3.63, 3.8) is 0 Å². The van der Waals surface area contributed by atoms with Crippen molar-refractivity contribution in [3.05, 3.63) is 6.42 Å². The predicted molar refractivity (Wildman–Crippen MR) is 43.6 cm³/mol. The van der Waals surface area contributed by atoms with Gasteiger partial charge in [0.25, 0.3) is 5.91 Å². The molecular weight excluding hydrogens is 138 g/mol. The summed E-state index contributed by atoms with van der Waals surface area (Å²) in [6.07, 6.45) is 4.33. The summed E-state index contributed by atoms with van der Waals surface area (Å²) in [5, 5.41) is 0. The van der Waals surface area contributed by atoms with Crippen LogP contribution < -0.4 is 0 Å². The normalized spacial score (nSPS) is 17.0. The quantitative estimate of drug-likeness (QED) is 0.468. The second-order valence-corrected chi connectivity index (χ2v) is 2.56. The third-order valence-corrected chi connectivity index (χ3v) is 1.70. The van der Waals surface area contributed by atoms with Crippen molar-refractivity contribution in [1.29, 1.82) is 0 Å². The van der Waals surface area contributed by atoms with Gasteiger partial charge in [-0.3, -0.25) is 4.79 Å². The van der Waals surface area contributed by atoms with Gasteiger partial charge in [-0.05, 0) is 32.1 Å². The van der Waals surface area contributed by atoms with E-state index in [1.807, 2.05) is 0 Å². The molecule has 11 heavy (non-hydrogen) atoms. The van der Waals surface area contributed by atoms with Crippen molar-refractivity contribution in [2.45, 2.75) is 19.8 Å². The van der Waals surface area contributed by atoms with Crippen molar-refractivity contribution in [2.24, 2.45) is 0 Å². The Balaban J connectivity index is 2.43. The first kappa shape index (κ1) is 8.13. The van der Waals surface area contributed by atoms with Gasteiger partial charge in [-0.15, -0.1) is 0 Å². The Morgan fingerprint density at radius 2 is 2.45 bits per heavy atom. The Kier molecular flexibility index (Phi) is 2.97. The molecule has 1 heterocycles. The summed E-state index contributed by atoms with van der Waals surface area (Å²) in [5.41, 5.74) is 0. The number of piperidine rings is 1. The molecule has 1 saturated heterocycles. The molecule has 0 N–H and O–H groups in total. The smallest absolute Gasteiger partial charge is 0.298 e. The molecule has 2 nitrogen and oxygen atoms in total. The molecule has 0 aromatic heterocycles. The SMILES string of the molecule is CC#CC(=O)N1C[CH]CCC1. The fraction of sp³-hybridized carbons (Fsp3) is 0.556. The lowest BCUT2D eigenvalue weighted by Crippen LogP contribution is -2.34. The fourth-order valence-electron chi connectivity index (χ4n) is 1.14. The van der Waals surface area contributed by atoms with Crippen molar-refractivity contribution in [3.8, 4) is 11.8 Å². The first-order chi connectivity index (χ1) is 5.34. The van der Waals surface area contributed by atoms with Crippen LogP contribution in [0.5, 0.6) is 0 Å². The van der Waals surface area contributed by atoms with Gasteiger partial charge in [-0.1, -0.05) is 5.92 Å². The number of nitrogens with zero attached hydrogens (tertiary/aromatic N) is 1. The lowest BCUT2D eigenvalue weighted by Gasteiger charge is -2.23. The van der Waals surface area contributed by atoms with E-state index in [0.717, 1.165) is 25.9 Å². The third kappa shape index (κ3) is 2.27. The van der Waals surface area contributed by atoms with Gasteiger partial charge in [0.15, 0.2) is 0 Å². The molecule has 1 amide bonds. The molecule has 0 unspecified atom stereocenters. The molecule has 0 aromatic carbocycles. The van der Waals surface area contributed by atoms with Crippen LogP contribution in [0.1, 0.15) is 19.8 Å². The highest BCUT2D eigenvalue weighted by Gasteiger charge is 2.13. The molecule has 0 bridgehead atoms. The Hall–Kier alpha value is -0.970. The van der Waals surface area contributed by atoms with Crippen molar-refractivity contribution >= 4 is 5.91 Å². The van der Waals surface area contributed by atoms with E-state index in [1.165, 1.54) is 0 Å². The summed E-state index contributed by atoms with van der Waals surface area (Å²) in [5.74, 6) is 5.10. The van der Waals surface area contributed by atoms with Gasteiger partial charge in [0.1, 0.15) is 0 Å². The third-order valence-electron chi connectivity index (χ3n) is 1.70. The minimum absolute atomic E-state index is 0.0385. The largest absolute Gasteiger partial charge is 0.332 e. The Labute approximate surface area is 67.6 Å². The summed E-state index contributed by atoms with van der Waals surface area (Å²) in [4.78, 5) is 12.9. The van der Waals surface area contributed by atoms with Crippen LogP contribution >= 0.6 is 0 Å². The van der Waals surface area contributed by atoms with Gasteiger partial charge in [-0.2, -0.15) is 0 Å². The average molecular weight is 150 g/mol. The maximum absolute atomic E-state index is 11.1. The summed E-state index contributed by atoms with van der Waals surface area (Å²) < 4.78 is 0. The fourth-order valence-corrected chi connectivity index (χ4v) is 1.14. The number of likely N-dealkylation sites (tertiary alicyclic amines) is 1. The summed E-state index contributed by atoms with van der Waals surface area (Å²) >= 11 is 0. The van der Waals surface area contributed by atoms with E-state index in [0.29, 0.717) is 0 Å². The monoisotopic (exact) mass is 150 g/mol. The van der Waals surface area contributed by atoms with Crippen LogP contribution in [0.15, 0.2) is 0 Å². The zero-order valence-electron chi connectivity index (χ0n) is 6.76. The van der Waals surface area contributed by atoms with Gasteiger partial charge in [-0.25, -0.2) is 0 Å². The van der Waals surface area contributed by atoms with Crippen LogP contribution in [0.3, 0.4) is 0 Å². The van der Waals surface area contributed by atoms with Gasteiger partial charge in [0.05, 0.1) is 0 Å². The molecule has 1 rings (SSSR count). The van der Waals surface area contributed by atoms with Crippen LogP contribution in [0.2, 0.25) is 0 Å². The lowest BCUT2D eigenvalue weighted by atomic mass is 10.1. The molecule has 0 spiro atoms. The number of hydrogen-bond donors (Lipinski definition) is 0. The first-order valence-corrected chi connectivity index (χ1v) is 3.88. The van der Waals surface area contributed by atoms with Crippen LogP contribution in [0, 0.1) is 18.3 Å². The number of hydrogen-bond acceptors (Lipinski definition) is 1. The van der Waals surface area contributed by atoms with Gasteiger partial charge in [0, 0.05) is 13.1 Å². The second-order valence-electron chi connectivity index (χ2n) is 2.56. The standard InChI is InChI=1S/C9H12NO/c1-2-6-9(11)10-7-4-3-5-8-10/h4H,3,5,7-8H2,1H3. The molecule has 0 aliphatic carbocycles. The van der Waals surface area contributed by atoms with E-state index in [4.69, 9.17) is 0 Å². The number of amides is 1. The van der Waals surface area contributed by atoms with Crippen LogP contribution in [-0.2, 0) is 4.79 Å². The minimum atomic E-state index is -0.0385.